The molecule has 0 spiro atoms. The number of rotatable bonds is 7. The van der Waals surface area contributed by atoms with Gasteiger partial charge in [-0.25, -0.2) is 0 Å². The van der Waals surface area contributed by atoms with Gasteiger partial charge in [-0.2, -0.15) is 0 Å². The third-order valence-electron chi connectivity index (χ3n) is 4.27. The Hall–Kier alpha value is -1.97. The Bertz CT molecular complexity index is 516. The zero-order valence-corrected chi connectivity index (χ0v) is 16.2. The molecule has 1 aromatic rings. The molecule has 4 nitrogen and oxygen atoms in total. The van der Waals surface area contributed by atoms with Gasteiger partial charge in [0.1, 0.15) is 5.75 Å². The predicted octanol–water partition coefficient (Wildman–Crippen LogP) is 4.85. The first-order valence-electron chi connectivity index (χ1n) is 8.45. The number of hydrogen-bond donors (Lipinski definition) is 1. The normalized spacial score (nSPS) is 11.6. The van der Waals surface area contributed by atoms with Gasteiger partial charge in [-0.05, 0) is 49.9 Å². The van der Waals surface area contributed by atoms with Crippen LogP contribution in [0.25, 0.3) is 0 Å². The summed E-state index contributed by atoms with van der Waals surface area (Å²) in [7, 11) is 1.42. The standard InChI is InChI=1S/C18H27NO3.C2H6/c1-17(2,18(3,4)16(20)21-5)12-6-7-13-22-15-10-8-14(19)9-11-15;1-2/h6,8-12H,7,13,19H2,1-5H3;1-2H3/b12-6-;. The number of carbonyl (C=O) groups is 1. The molecule has 0 aliphatic carbocycles. The van der Waals surface area contributed by atoms with Crippen LogP contribution in [0.3, 0.4) is 0 Å². The minimum Gasteiger partial charge on any atom is -0.493 e. The van der Waals surface area contributed by atoms with Crippen molar-refractivity contribution in [2.75, 3.05) is 19.5 Å². The number of methoxy groups -OCH3 is 1. The Balaban J connectivity index is 0.00000254. The van der Waals surface area contributed by atoms with Gasteiger partial charge in [-0.3, -0.25) is 4.79 Å². The maximum Gasteiger partial charge on any atom is 0.312 e. The highest BCUT2D eigenvalue weighted by atomic mass is 16.5. The van der Waals surface area contributed by atoms with E-state index < -0.39 is 5.41 Å². The highest BCUT2D eigenvalue weighted by Gasteiger charge is 2.42. The van der Waals surface area contributed by atoms with E-state index in [9.17, 15) is 4.79 Å². The van der Waals surface area contributed by atoms with E-state index in [0.717, 1.165) is 17.9 Å². The fraction of sp³-hybridized carbons (Fsp3) is 0.550. The van der Waals surface area contributed by atoms with Crippen molar-refractivity contribution in [1.29, 1.82) is 0 Å². The van der Waals surface area contributed by atoms with Crippen molar-refractivity contribution in [3.8, 4) is 5.75 Å². The molecule has 0 radical (unpaired) electrons. The number of esters is 1. The summed E-state index contributed by atoms with van der Waals surface area (Å²) in [5, 5.41) is 0. The summed E-state index contributed by atoms with van der Waals surface area (Å²) >= 11 is 0. The van der Waals surface area contributed by atoms with E-state index in [1.54, 1.807) is 0 Å². The molecule has 0 bridgehead atoms. The van der Waals surface area contributed by atoms with E-state index in [-0.39, 0.29) is 11.4 Å². The van der Waals surface area contributed by atoms with Crippen molar-refractivity contribution in [2.45, 2.75) is 48.0 Å². The molecule has 0 saturated carbocycles. The lowest BCUT2D eigenvalue weighted by Gasteiger charge is -2.36. The average molecular weight is 335 g/mol. The monoisotopic (exact) mass is 335 g/mol. The van der Waals surface area contributed by atoms with Gasteiger partial charge in [0.05, 0.1) is 19.1 Å². The van der Waals surface area contributed by atoms with E-state index in [1.807, 2.05) is 71.9 Å². The van der Waals surface area contributed by atoms with Gasteiger partial charge in [0.25, 0.3) is 0 Å². The summed E-state index contributed by atoms with van der Waals surface area (Å²) in [6.07, 6.45) is 4.86. The molecule has 2 N–H and O–H groups in total. The highest BCUT2D eigenvalue weighted by Crippen LogP contribution is 2.40. The second-order valence-electron chi connectivity index (χ2n) is 6.45. The van der Waals surface area contributed by atoms with Gasteiger partial charge in [-0.1, -0.05) is 39.8 Å². The minimum atomic E-state index is -0.587. The summed E-state index contributed by atoms with van der Waals surface area (Å²) in [5.74, 6) is 0.594. The van der Waals surface area contributed by atoms with E-state index in [0.29, 0.717) is 6.61 Å². The van der Waals surface area contributed by atoms with E-state index in [4.69, 9.17) is 15.2 Å². The lowest BCUT2D eigenvalue weighted by Crippen LogP contribution is -2.39. The van der Waals surface area contributed by atoms with Crippen molar-refractivity contribution >= 4 is 11.7 Å². The molecule has 0 fully saturated rings. The van der Waals surface area contributed by atoms with E-state index >= 15 is 0 Å². The number of anilines is 1. The Morgan fingerprint density at radius 3 is 2.17 bits per heavy atom. The molecule has 0 aromatic heterocycles. The molecular formula is C20H33NO3. The molecule has 0 heterocycles. The first-order chi connectivity index (χ1) is 11.2. The lowest BCUT2D eigenvalue weighted by atomic mass is 9.67. The molecule has 0 aliphatic rings. The molecule has 0 aliphatic heterocycles. The number of nitrogens with two attached hydrogens (primary N) is 1. The first-order valence-corrected chi connectivity index (χ1v) is 8.45. The zero-order chi connectivity index (χ0) is 18.8. The molecule has 0 atom stereocenters. The van der Waals surface area contributed by atoms with Crippen molar-refractivity contribution in [3.05, 3.63) is 36.4 Å². The number of carbonyl (C=O) groups excluding carboxylic acids is 1. The quantitative estimate of drug-likeness (QED) is 0.335. The summed E-state index contributed by atoms with van der Waals surface area (Å²) in [6.45, 7) is 12.4. The second kappa shape index (κ2) is 10.0. The number of hydrogen-bond acceptors (Lipinski definition) is 4. The van der Waals surface area contributed by atoms with Gasteiger partial charge in [0.15, 0.2) is 0 Å². The lowest BCUT2D eigenvalue weighted by molar-refractivity contribution is -0.155. The summed E-state index contributed by atoms with van der Waals surface area (Å²) in [5.41, 5.74) is 5.45. The number of benzene rings is 1. The molecule has 24 heavy (non-hydrogen) atoms. The predicted molar refractivity (Wildman–Crippen MR) is 101 cm³/mol. The summed E-state index contributed by atoms with van der Waals surface area (Å²) in [4.78, 5) is 11.9. The van der Waals surface area contributed by atoms with Crippen molar-refractivity contribution in [1.82, 2.24) is 0 Å². The van der Waals surface area contributed by atoms with Crippen LogP contribution >= 0.6 is 0 Å². The van der Waals surface area contributed by atoms with Crippen molar-refractivity contribution in [2.24, 2.45) is 10.8 Å². The van der Waals surface area contributed by atoms with Crippen LogP contribution < -0.4 is 10.5 Å². The van der Waals surface area contributed by atoms with Crippen LogP contribution in [0.5, 0.6) is 5.75 Å². The van der Waals surface area contributed by atoms with Crippen LogP contribution in [0.15, 0.2) is 36.4 Å². The first kappa shape index (κ1) is 22.0. The molecule has 1 aromatic carbocycles. The number of nitrogen functional groups attached to an aromatic ring is 1. The molecule has 136 valence electrons. The summed E-state index contributed by atoms with van der Waals surface area (Å²) < 4.78 is 10.5. The SMILES string of the molecule is CC.COC(=O)C(C)(C)C(C)(C)/C=C\CCOc1ccc(N)cc1. The van der Waals surface area contributed by atoms with Crippen molar-refractivity contribution < 1.29 is 14.3 Å². The third kappa shape index (κ3) is 6.26. The van der Waals surface area contributed by atoms with Crippen LogP contribution in [-0.4, -0.2) is 19.7 Å². The van der Waals surface area contributed by atoms with Crippen LogP contribution in [0, 0.1) is 10.8 Å². The van der Waals surface area contributed by atoms with Gasteiger partial charge >= 0.3 is 5.97 Å². The molecule has 4 heteroatoms. The fourth-order valence-corrected chi connectivity index (χ4v) is 1.91. The highest BCUT2D eigenvalue weighted by molar-refractivity contribution is 5.77. The molecule has 0 saturated heterocycles. The van der Waals surface area contributed by atoms with Gasteiger partial charge in [-0.15, -0.1) is 0 Å². The van der Waals surface area contributed by atoms with Crippen LogP contribution in [-0.2, 0) is 9.53 Å². The maximum atomic E-state index is 11.9. The fourth-order valence-electron chi connectivity index (χ4n) is 1.91. The number of ether oxygens (including phenoxy) is 2. The topological polar surface area (TPSA) is 61.5 Å². The van der Waals surface area contributed by atoms with Crippen LogP contribution in [0.1, 0.15) is 48.0 Å². The molecule has 0 unspecified atom stereocenters. The largest absolute Gasteiger partial charge is 0.493 e. The molecule has 1 rings (SSSR count). The Kier molecular flexibility index (Phi) is 9.19. The molecular weight excluding hydrogens is 302 g/mol. The smallest absolute Gasteiger partial charge is 0.312 e. The average Bonchev–Trinajstić information content (AvgIpc) is 2.57. The van der Waals surface area contributed by atoms with E-state index in [1.165, 1.54) is 7.11 Å². The van der Waals surface area contributed by atoms with Crippen LogP contribution in [0.2, 0.25) is 0 Å². The van der Waals surface area contributed by atoms with Crippen molar-refractivity contribution in [3.63, 3.8) is 0 Å². The second-order valence-corrected chi connectivity index (χ2v) is 6.45. The Labute approximate surface area is 147 Å². The summed E-state index contributed by atoms with van der Waals surface area (Å²) in [6, 6.07) is 7.33. The van der Waals surface area contributed by atoms with Gasteiger partial charge in [0.2, 0.25) is 0 Å². The minimum absolute atomic E-state index is 0.208. The zero-order valence-electron chi connectivity index (χ0n) is 16.2. The van der Waals surface area contributed by atoms with Gasteiger partial charge in [0, 0.05) is 5.69 Å². The Morgan fingerprint density at radius 1 is 1.12 bits per heavy atom. The van der Waals surface area contributed by atoms with Crippen LogP contribution in [0.4, 0.5) is 5.69 Å². The maximum absolute atomic E-state index is 11.9. The van der Waals surface area contributed by atoms with Gasteiger partial charge < -0.3 is 15.2 Å². The van der Waals surface area contributed by atoms with E-state index in [2.05, 4.69) is 6.08 Å². The Morgan fingerprint density at radius 2 is 1.67 bits per heavy atom. The number of allylic oxidation sites excluding steroid dienone is 1. The third-order valence-corrected chi connectivity index (χ3v) is 4.27. The molecule has 0 amide bonds.